The Labute approximate surface area is 83.0 Å². The fraction of sp³-hybridized carbons (Fsp3) is 0.600. The summed E-state index contributed by atoms with van der Waals surface area (Å²) < 4.78 is 13.2. The molecule has 1 N–H and O–H groups in total. The number of aromatic nitrogens is 2. The Hall–Kier alpha value is -1.03. The van der Waals surface area contributed by atoms with Gasteiger partial charge in [-0.1, -0.05) is 13.8 Å². The van der Waals surface area contributed by atoms with Crippen LogP contribution in [0, 0.1) is 5.82 Å². The zero-order valence-electron chi connectivity index (χ0n) is 8.87. The molecule has 3 nitrogen and oxygen atoms in total. The molecule has 0 amide bonds. The highest BCUT2D eigenvalue weighted by Crippen LogP contribution is 2.20. The van der Waals surface area contributed by atoms with Gasteiger partial charge in [-0.15, -0.1) is 0 Å². The third kappa shape index (κ3) is 2.26. The molecule has 0 aliphatic rings. The van der Waals surface area contributed by atoms with E-state index in [0.29, 0.717) is 5.69 Å². The third-order valence-electron chi connectivity index (χ3n) is 1.87. The van der Waals surface area contributed by atoms with E-state index < -0.39 is 11.4 Å². The first kappa shape index (κ1) is 11.0. The zero-order valence-corrected chi connectivity index (χ0v) is 8.87. The maximum Gasteiger partial charge on any atom is 0.163 e. The lowest BCUT2D eigenvalue weighted by molar-refractivity contribution is 0.0681. The second-order valence-electron chi connectivity index (χ2n) is 4.14. The highest BCUT2D eigenvalue weighted by molar-refractivity contribution is 5.11. The summed E-state index contributed by atoms with van der Waals surface area (Å²) >= 11 is 0. The van der Waals surface area contributed by atoms with Crippen LogP contribution in [-0.2, 0) is 5.60 Å². The van der Waals surface area contributed by atoms with Crippen molar-refractivity contribution in [2.45, 2.75) is 39.2 Å². The van der Waals surface area contributed by atoms with E-state index in [1.807, 2.05) is 13.8 Å². The lowest BCUT2D eigenvalue weighted by Crippen LogP contribution is -2.21. The second kappa shape index (κ2) is 3.61. The molecule has 0 saturated heterocycles. The van der Waals surface area contributed by atoms with E-state index in [-0.39, 0.29) is 11.7 Å². The van der Waals surface area contributed by atoms with Crippen LogP contribution >= 0.6 is 0 Å². The third-order valence-corrected chi connectivity index (χ3v) is 1.87. The predicted octanol–water partition coefficient (Wildman–Crippen LogP) is 1.97. The molecule has 0 saturated carbocycles. The first-order valence-corrected chi connectivity index (χ1v) is 4.57. The van der Waals surface area contributed by atoms with Crippen LogP contribution in [0.1, 0.15) is 45.1 Å². The molecule has 0 aliphatic carbocycles. The van der Waals surface area contributed by atoms with E-state index in [1.165, 1.54) is 0 Å². The Balaban J connectivity index is 3.20. The van der Waals surface area contributed by atoms with Crippen molar-refractivity contribution in [3.8, 4) is 0 Å². The Bertz CT molecular complexity index is 331. The number of rotatable bonds is 2. The number of nitrogens with zero attached hydrogens (tertiary/aromatic N) is 2. The van der Waals surface area contributed by atoms with Crippen molar-refractivity contribution in [3.63, 3.8) is 0 Å². The minimum atomic E-state index is -1.13. The van der Waals surface area contributed by atoms with Gasteiger partial charge in [0.05, 0.1) is 11.9 Å². The summed E-state index contributed by atoms with van der Waals surface area (Å²) in [5, 5.41) is 9.64. The van der Waals surface area contributed by atoms with Crippen molar-refractivity contribution in [2.75, 3.05) is 0 Å². The smallest absolute Gasteiger partial charge is 0.163 e. The van der Waals surface area contributed by atoms with Crippen LogP contribution in [0.3, 0.4) is 0 Å². The van der Waals surface area contributed by atoms with Gasteiger partial charge in [-0.3, -0.25) is 0 Å². The standard InChI is InChI=1S/C10H15FN2O/c1-6(2)8-7(11)5-12-9(13-8)10(3,4)14/h5-6,14H,1-4H3. The van der Waals surface area contributed by atoms with Gasteiger partial charge >= 0.3 is 0 Å². The van der Waals surface area contributed by atoms with Crippen molar-refractivity contribution < 1.29 is 9.50 Å². The summed E-state index contributed by atoms with van der Waals surface area (Å²) in [5.41, 5.74) is -0.783. The highest BCUT2D eigenvalue weighted by atomic mass is 19.1. The Morgan fingerprint density at radius 2 is 2.00 bits per heavy atom. The van der Waals surface area contributed by atoms with Gasteiger partial charge in [0.1, 0.15) is 5.60 Å². The monoisotopic (exact) mass is 198 g/mol. The van der Waals surface area contributed by atoms with Crippen molar-refractivity contribution in [3.05, 3.63) is 23.5 Å². The van der Waals surface area contributed by atoms with E-state index in [1.54, 1.807) is 13.8 Å². The first-order chi connectivity index (χ1) is 6.32. The molecule has 4 heteroatoms. The minimum Gasteiger partial charge on any atom is -0.382 e. The maximum atomic E-state index is 13.2. The number of aliphatic hydroxyl groups is 1. The summed E-state index contributed by atoms with van der Waals surface area (Å²) in [4.78, 5) is 7.76. The van der Waals surface area contributed by atoms with Gasteiger partial charge in [-0.25, -0.2) is 14.4 Å². The lowest BCUT2D eigenvalue weighted by Gasteiger charge is -2.17. The molecule has 78 valence electrons. The number of halogens is 1. The van der Waals surface area contributed by atoms with Crippen LogP contribution in [0.2, 0.25) is 0 Å². The highest BCUT2D eigenvalue weighted by Gasteiger charge is 2.21. The lowest BCUT2D eigenvalue weighted by atomic mass is 10.1. The molecule has 0 spiro atoms. The summed E-state index contributed by atoms with van der Waals surface area (Å²) in [6, 6.07) is 0. The molecule has 1 heterocycles. The molecule has 0 atom stereocenters. The van der Waals surface area contributed by atoms with Crippen molar-refractivity contribution in [1.82, 2.24) is 9.97 Å². The van der Waals surface area contributed by atoms with Crippen LogP contribution in [0.15, 0.2) is 6.20 Å². The van der Waals surface area contributed by atoms with E-state index in [4.69, 9.17) is 0 Å². The Morgan fingerprint density at radius 1 is 1.43 bits per heavy atom. The van der Waals surface area contributed by atoms with Crippen LogP contribution < -0.4 is 0 Å². The van der Waals surface area contributed by atoms with Crippen LogP contribution in [0.4, 0.5) is 4.39 Å². The van der Waals surface area contributed by atoms with E-state index in [0.717, 1.165) is 6.20 Å². The average molecular weight is 198 g/mol. The van der Waals surface area contributed by atoms with Gasteiger partial charge in [0, 0.05) is 0 Å². The summed E-state index contributed by atoms with van der Waals surface area (Å²) in [6.45, 7) is 6.84. The van der Waals surface area contributed by atoms with Crippen molar-refractivity contribution >= 4 is 0 Å². The Morgan fingerprint density at radius 3 is 2.43 bits per heavy atom. The predicted molar refractivity (Wildman–Crippen MR) is 51.3 cm³/mol. The SMILES string of the molecule is CC(C)c1nc(C(C)(C)O)ncc1F. The quantitative estimate of drug-likeness (QED) is 0.790. The topological polar surface area (TPSA) is 46.0 Å². The number of hydrogen-bond donors (Lipinski definition) is 1. The van der Waals surface area contributed by atoms with E-state index in [9.17, 15) is 9.50 Å². The molecule has 0 radical (unpaired) electrons. The molecule has 0 aromatic carbocycles. The maximum absolute atomic E-state index is 13.2. The number of hydrogen-bond acceptors (Lipinski definition) is 3. The molecule has 1 aromatic rings. The molecule has 1 aromatic heterocycles. The van der Waals surface area contributed by atoms with Crippen LogP contribution in [0.25, 0.3) is 0 Å². The molecule has 0 fully saturated rings. The molecule has 0 aliphatic heterocycles. The van der Waals surface area contributed by atoms with E-state index >= 15 is 0 Å². The average Bonchev–Trinajstić information content (AvgIpc) is 2.02. The van der Waals surface area contributed by atoms with Crippen molar-refractivity contribution in [1.29, 1.82) is 0 Å². The van der Waals surface area contributed by atoms with Crippen molar-refractivity contribution in [2.24, 2.45) is 0 Å². The van der Waals surface area contributed by atoms with Gasteiger partial charge in [-0.2, -0.15) is 0 Å². The molecule has 14 heavy (non-hydrogen) atoms. The van der Waals surface area contributed by atoms with E-state index in [2.05, 4.69) is 9.97 Å². The summed E-state index contributed by atoms with van der Waals surface area (Å²) in [6.07, 6.45) is 1.11. The van der Waals surface area contributed by atoms with Gasteiger partial charge in [0.25, 0.3) is 0 Å². The fourth-order valence-corrected chi connectivity index (χ4v) is 1.08. The molecular formula is C10H15FN2O. The van der Waals surface area contributed by atoms with Crippen LogP contribution in [0.5, 0.6) is 0 Å². The molecule has 0 bridgehead atoms. The first-order valence-electron chi connectivity index (χ1n) is 4.57. The van der Waals surface area contributed by atoms with Crippen LogP contribution in [-0.4, -0.2) is 15.1 Å². The van der Waals surface area contributed by atoms with Gasteiger partial charge < -0.3 is 5.11 Å². The second-order valence-corrected chi connectivity index (χ2v) is 4.14. The zero-order chi connectivity index (χ0) is 10.9. The normalized spacial score (nSPS) is 12.2. The molecular weight excluding hydrogens is 183 g/mol. The largest absolute Gasteiger partial charge is 0.382 e. The minimum absolute atomic E-state index is 0.0147. The summed E-state index contributed by atoms with van der Waals surface area (Å²) in [7, 11) is 0. The Kier molecular flexibility index (Phi) is 2.85. The van der Waals surface area contributed by atoms with Gasteiger partial charge in [0.2, 0.25) is 0 Å². The molecule has 0 unspecified atom stereocenters. The summed E-state index contributed by atoms with van der Waals surface area (Å²) in [5.74, 6) is -0.185. The van der Waals surface area contributed by atoms with Gasteiger partial charge in [0.15, 0.2) is 11.6 Å². The molecule has 1 rings (SSSR count). The fourth-order valence-electron chi connectivity index (χ4n) is 1.08. The van der Waals surface area contributed by atoms with Gasteiger partial charge in [-0.05, 0) is 19.8 Å².